The molecule has 0 radical (unpaired) electrons. The third-order valence-electron chi connectivity index (χ3n) is 6.13. The molecule has 0 saturated carbocycles. The van der Waals surface area contributed by atoms with E-state index >= 15 is 0 Å². The molecule has 8 nitrogen and oxygen atoms in total. The van der Waals surface area contributed by atoms with Crippen LogP contribution in [0.4, 0.5) is 0 Å². The van der Waals surface area contributed by atoms with Crippen molar-refractivity contribution in [2.45, 2.75) is 17.3 Å². The van der Waals surface area contributed by atoms with Crippen molar-refractivity contribution in [1.29, 1.82) is 0 Å². The molecular weight excluding hydrogens is 476 g/mol. The van der Waals surface area contributed by atoms with Gasteiger partial charge in [-0.2, -0.15) is 4.52 Å². The summed E-state index contributed by atoms with van der Waals surface area (Å²) in [6.07, 6.45) is 0.885. The number of hydrogen-bond donors (Lipinski definition) is 0. The summed E-state index contributed by atoms with van der Waals surface area (Å²) in [5.74, 6) is 4.37. The molecule has 5 aromatic rings. The fourth-order valence-corrected chi connectivity index (χ4v) is 5.26. The molecule has 4 heterocycles. The van der Waals surface area contributed by atoms with Crippen LogP contribution < -0.4 is 18.9 Å². The van der Waals surface area contributed by atoms with Gasteiger partial charge < -0.3 is 18.9 Å². The maximum absolute atomic E-state index is 5.86. The number of hydrogen-bond acceptors (Lipinski definition) is 8. The predicted molar refractivity (Wildman–Crippen MR) is 136 cm³/mol. The second-order valence-electron chi connectivity index (χ2n) is 8.56. The zero-order valence-electron chi connectivity index (χ0n) is 19.3. The van der Waals surface area contributed by atoms with Crippen LogP contribution >= 0.6 is 11.8 Å². The molecule has 0 N–H and O–H groups in total. The molecule has 0 unspecified atom stereocenters. The summed E-state index contributed by atoms with van der Waals surface area (Å²) >= 11 is 1.61. The van der Waals surface area contributed by atoms with Crippen LogP contribution in [0.2, 0.25) is 0 Å². The minimum absolute atomic E-state index is 0.532. The molecule has 0 amide bonds. The SMILES string of the molecule is c1ccc2c(c1)nc(SCc1ccc3c(c1)OCCCO3)n1nc(-c3ccc4c(c3)OCCO4)nc21. The van der Waals surface area contributed by atoms with Crippen LogP contribution in [0.25, 0.3) is 27.9 Å². The lowest BCUT2D eigenvalue weighted by molar-refractivity contribution is 0.171. The Kier molecular flexibility index (Phi) is 5.27. The molecule has 0 fully saturated rings. The molecule has 7 rings (SSSR count). The molecule has 0 aliphatic carbocycles. The summed E-state index contributed by atoms with van der Waals surface area (Å²) in [7, 11) is 0. The topological polar surface area (TPSA) is 80.0 Å². The number of rotatable bonds is 4. The van der Waals surface area contributed by atoms with E-state index in [0.29, 0.717) is 43.8 Å². The van der Waals surface area contributed by atoms with Gasteiger partial charge in [0.15, 0.2) is 39.6 Å². The molecule has 2 aliphatic rings. The van der Waals surface area contributed by atoms with Gasteiger partial charge in [-0.3, -0.25) is 0 Å². The van der Waals surface area contributed by atoms with Crippen LogP contribution in [0.5, 0.6) is 23.0 Å². The van der Waals surface area contributed by atoms with Gasteiger partial charge in [0.2, 0.25) is 0 Å². The normalized spacial score (nSPS) is 14.7. The van der Waals surface area contributed by atoms with E-state index in [1.54, 1.807) is 11.8 Å². The third-order valence-corrected chi connectivity index (χ3v) is 7.13. The highest BCUT2D eigenvalue weighted by Crippen LogP contribution is 2.36. The summed E-state index contributed by atoms with van der Waals surface area (Å²) in [5.41, 5.74) is 3.64. The van der Waals surface area contributed by atoms with E-state index in [1.807, 2.05) is 59.1 Å². The van der Waals surface area contributed by atoms with Crippen LogP contribution in [-0.2, 0) is 5.75 Å². The Morgan fingerprint density at radius 1 is 0.750 bits per heavy atom. The lowest BCUT2D eigenvalue weighted by Crippen LogP contribution is -2.15. The van der Waals surface area contributed by atoms with Crippen LogP contribution in [-0.4, -0.2) is 46.0 Å². The monoisotopic (exact) mass is 498 g/mol. The lowest BCUT2D eigenvalue weighted by Gasteiger charge is -2.18. The van der Waals surface area contributed by atoms with Crippen molar-refractivity contribution in [2.24, 2.45) is 0 Å². The molecule has 0 saturated heterocycles. The van der Waals surface area contributed by atoms with Gasteiger partial charge in [0, 0.05) is 23.1 Å². The first kappa shape index (κ1) is 21.3. The summed E-state index contributed by atoms with van der Waals surface area (Å²) < 4.78 is 24.9. The van der Waals surface area contributed by atoms with E-state index in [0.717, 1.165) is 56.5 Å². The Morgan fingerprint density at radius 2 is 1.50 bits per heavy atom. The highest BCUT2D eigenvalue weighted by molar-refractivity contribution is 7.98. The summed E-state index contributed by atoms with van der Waals surface area (Å²) in [4.78, 5) is 9.83. The second-order valence-corrected chi connectivity index (χ2v) is 9.50. The fraction of sp³-hybridized carbons (Fsp3) is 0.222. The van der Waals surface area contributed by atoms with E-state index in [2.05, 4.69) is 6.07 Å². The van der Waals surface area contributed by atoms with Crippen molar-refractivity contribution >= 4 is 28.3 Å². The minimum Gasteiger partial charge on any atom is -0.490 e. The number of fused-ring (bicyclic) bond motifs is 5. The summed E-state index contributed by atoms with van der Waals surface area (Å²) in [6, 6.07) is 19.9. The van der Waals surface area contributed by atoms with Gasteiger partial charge in [0.25, 0.3) is 0 Å². The van der Waals surface area contributed by atoms with Crippen LogP contribution in [0.1, 0.15) is 12.0 Å². The highest BCUT2D eigenvalue weighted by Gasteiger charge is 2.18. The number of para-hydroxylation sites is 1. The maximum Gasteiger partial charge on any atom is 0.191 e. The van der Waals surface area contributed by atoms with Gasteiger partial charge in [-0.05, 0) is 48.0 Å². The molecule has 2 aliphatic heterocycles. The third kappa shape index (κ3) is 3.85. The predicted octanol–water partition coefficient (Wildman–Crippen LogP) is 5.17. The largest absolute Gasteiger partial charge is 0.490 e. The Morgan fingerprint density at radius 3 is 2.42 bits per heavy atom. The van der Waals surface area contributed by atoms with Gasteiger partial charge in [0.1, 0.15) is 13.2 Å². The van der Waals surface area contributed by atoms with Gasteiger partial charge in [-0.25, -0.2) is 9.97 Å². The van der Waals surface area contributed by atoms with Crippen molar-refractivity contribution in [3.63, 3.8) is 0 Å². The first-order valence-corrected chi connectivity index (χ1v) is 12.9. The maximum atomic E-state index is 5.86. The molecule has 0 atom stereocenters. The van der Waals surface area contributed by atoms with Gasteiger partial charge >= 0.3 is 0 Å². The second kappa shape index (κ2) is 8.91. The van der Waals surface area contributed by atoms with Crippen LogP contribution in [0.3, 0.4) is 0 Å². The van der Waals surface area contributed by atoms with Gasteiger partial charge in [0.05, 0.1) is 18.7 Å². The molecule has 3 aromatic carbocycles. The first-order valence-electron chi connectivity index (χ1n) is 11.9. The molecule has 180 valence electrons. The van der Waals surface area contributed by atoms with Crippen molar-refractivity contribution in [3.8, 4) is 34.4 Å². The molecule has 0 spiro atoms. The number of benzene rings is 3. The Balaban J connectivity index is 1.26. The van der Waals surface area contributed by atoms with E-state index in [1.165, 1.54) is 0 Å². The van der Waals surface area contributed by atoms with E-state index < -0.39 is 0 Å². The summed E-state index contributed by atoms with van der Waals surface area (Å²) in [5, 5.41) is 6.58. The van der Waals surface area contributed by atoms with E-state index in [9.17, 15) is 0 Å². The minimum atomic E-state index is 0.532. The van der Waals surface area contributed by atoms with Gasteiger partial charge in [-0.15, -0.1) is 5.10 Å². The zero-order valence-corrected chi connectivity index (χ0v) is 20.2. The average Bonchev–Trinajstić information content (AvgIpc) is 3.25. The van der Waals surface area contributed by atoms with Crippen LogP contribution in [0.15, 0.2) is 65.8 Å². The molecule has 9 heteroatoms. The number of aromatic nitrogens is 4. The average molecular weight is 499 g/mol. The van der Waals surface area contributed by atoms with E-state index in [-0.39, 0.29) is 0 Å². The fourth-order valence-electron chi connectivity index (χ4n) is 4.37. The number of nitrogens with zero attached hydrogens (tertiary/aromatic N) is 4. The molecule has 2 aromatic heterocycles. The molecule has 36 heavy (non-hydrogen) atoms. The quantitative estimate of drug-likeness (QED) is 0.248. The first-order chi connectivity index (χ1) is 17.8. The Labute approximate surface area is 211 Å². The molecular formula is C27H22N4O4S. The lowest BCUT2D eigenvalue weighted by atomic mass is 10.2. The smallest absolute Gasteiger partial charge is 0.191 e. The van der Waals surface area contributed by atoms with Gasteiger partial charge in [-0.1, -0.05) is 30.0 Å². The van der Waals surface area contributed by atoms with Crippen molar-refractivity contribution in [1.82, 2.24) is 19.6 Å². The number of ether oxygens (including phenoxy) is 4. The van der Waals surface area contributed by atoms with Crippen molar-refractivity contribution < 1.29 is 18.9 Å². The van der Waals surface area contributed by atoms with Crippen molar-refractivity contribution in [2.75, 3.05) is 26.4 Å². The Hall–Kier alpha value is -3.98. The van der Waals surface area contributed by atoms with E-state index in [4.69, 9.17) is 34.0 Å². The Bertz CT molecular complexity index is 1600. The molecule has 0 bridgehead atoms. The summed E-state index contributed by atoms with van der Waals surface area (Å²) in [6.45, 7) is 2.43. The van der Waals surface area contributed by atoms with Crippen molar-refractivity contribution in [3.05, 3.63) is 66.2 Å². The highest BCUT2D eigenvalue weighted by atomic mass is 32.2. The zero-order chi connectivity index (χ0) is 23.9. The number of thioether (sulfide) groups is 1. The van der Waals surface area contributed by atoms with Crippen LogP contribution in [0, 0.1) is 0 Å². The standard InChI is InChI=1S/C27H22N4O4S/c1-2-5-20-19(4-1)26-29-25(18-7-9-22-24(15-18)35-13-12-34-22)30-31(26)27(28-20)36-16-17-6-8-21-23(14-17)33-11-3-10-32-21/h1-2,4-9,14-15H,3,10-13,16H2.